The first-order chi connectivity index (χ1) is 12.5. The number of H-pyrrole nitrogens is 1. The zero-order chi connectivity index (χ0) is 18.7. The largest absolute Gasteiger partial charge is 0.324 e. The Morgan fingerprint density at radius 3 is 2.65 bits per heavy atom. The molecule has 2 N–H and O–H groups in total. The van der Waals surface area contributed by atoms with E-state index in [0.29, 0.717) is 23.3 Å². The van der Waals surface area contributed by atoms with Gasteiger partial charge in [0.1, 0.15) is 5.82 Å². The third-order valence-corrected chi connectivity index (χ3v) is 4.50. The average Bonchev–Trinajstić information content (AvgIpc) is 2.63. The fourth-order valence-electron chi connectivity index (χ4n) is 2.73. The van der Waals surface area contributed by atoms with Crippen molar-refractivity contribution in [2.24, 2.45) is 0 Å². The Labute approximate surface area is 151 Å². The molecule has 0 saturated heterocycles. The van der Waals surface area contributed by atoms with Crippen LogP contribution in [0.4, 0.5) is 5.69 Å². The highest BCUT2D eigenvalue weighted by atomic mass is 16.2. The molecule has 0 spiro atoms. The lowest BCUT2D eigenvalue weighted by atomic mass is 10.2. The van der Waals surface area contributed by atoms with Gasteiger partial charge in [-0.25, -0.2) is 4.98 Å². The SMILES string of the molecule is Cc1ccccc1NC(=O)C(C)N(C)Cc1nc2ccccc2c(=O)[nH]1. The van der Waals surface area contributed by atoms with Gasteiger partial charge in [0.15, 0.2) is 0 Å². The van der Waals surface area contributed by atoms with E-state index in [1.54, 1.807) is 6.07 Å². The molecule has 1 aromatic heterocycles. The highest BCUT2D eigenvalue weighted by molar-refractivity contribution is 5.95. The van der Waals surface area contributed by atoms with Crippen molar-refractivity contribution in [2.75, 3.05) is 12.4 Å². The summed E-state index contributed by atoms with van der Waals surface area (Å²) < 4.78 is 0. The Balaban J connectivity index is 1.73. The number of amides is 1. The average molecular weight is 350 g/mol. The van der Waals surface area contributed by atoms with Crippen LogP contribution in [0.15, 0.2) is 53.3 Å². The summed E-state index contributed by atoms with van der Waals surface area (Å²) in [6, 6.07) is 14.5. The minimum Gasteiger partial charge on any atom is -0.324 e. The number of carbonyl (C=O) groups excluding carboxylic acids is 1. The zero-order valence-electron chi connectivity index (χ0n) is 15.1. The number of nitrogens with one attached hydrogen (secondary N) is 2. The van der Waals surface area contributed by atoms with E-state index < -0.39 is 0 Å². The lowest BCUT2D eigenvalue weighted by Gasteiger charge is -2.23. The van der Waals surface area contributed by atoms with E-state index in [1.165, 1.54) is 0 Å². The molecule has 0 radical (unpaired) electrons. The van der Waals surface area contributed by atoms with Crippen LogP contribution in [-0.4, -0.2) is 33.9 Å². The monoisotopic (exact) mass is 350 g/mol. The topological polar surface area (TPSA) is 78.1 Å². The van der Waals surface area contributed by atoms with Gasteiger partial charge in [-0.1, -0.05) is 30.3 Å². The minimum atomic E-state index is -0.383. The Kier molecular flexibility index (Phi) is 5.14. The third-order valence-electron chi connectivity index (χ3n) is 4.50. The zero-order valence-corrected chi connectivity index (χ0v) is 15.1. The molecule has 0 aliphatic heterocycles. The van der Waals surface area contributed by atoms with Gasteiger partial charge < -0.3 is 10.3 Å². The molecular weight excluding hydrogens is 328 g/mol. The second kappa shape index (κ2) is 7.49. The second-order valence-corrected chi connectivity index (χ2v) is 6.43. The predicted molar refractivity (Wildman–Crippen MR) is 103 cm³/mol. The molecule has 1 amide bonds. The van der Waals surface area contributed by atoms with Gasteiger partial charge in [0, 0.05) is 5.69 Å². The lowest BCUT2D eigenvalue weighted by Crippen LogP contribution is -2.39. The lowest BCUT2D eigenvalue weighted by molar-refractivity contribution is -0.120. The van der Waals surface area contributed by atoms with Crippen LogP contribution in [0.1, 0.15) is 18.3 Å². The van der Waals surface area contributed by atoms with Crippen molar-refractivity contribution in [1.29, 1.82) is 0 Å². The van der Waals surface area contributed by atoms with Crippen LogP contribution in [0, 0.1) is 6.92 Å². The van der Waals surface area contributed by atoms with Crippen LogP contribution < -0.4 is 10.9 Å². The van der Waals surface area contributed by atoms with Gasteiger partial charge in [-0.15, -0.1) is 0 Å². The van der Waals surface area contributed by atoms with E-state index in [-0.39, 0.29) is 17.5 Å². The molecule has 0 aliphatic rings. The second-order valence-electron chi connectivity index (χ2n) is 6.43. The summed E-state index contributed by atoms with van der Waals surface area (Å²) in [5.41, 5.74) is 2.29. The summed E-state index contributed by atoms with van der Waals surface area (Å²) in [4.78, 5) is 33.8. The van der Waals surface area contributed by atoms with Gasteiger partial charge in [-0.3, -0.25) is 14.5 Å². The van der Waals surface area contributed by atoms with E-state index in [1.807, 2.05) is 68.3 Å². The van der Waals surface area contributed by atoms with Crippen molar-refractivity contribution in [2.45, 2.75) is 26.4 Å². The summed E-state index contributed by atoms with van der Waals surface area (Å²) in [5.74, 6) is 0.427. The first-order valence-electron chi connectivity index (χ1n) is 8.50. The van der Waals surface area contributed by atoms with E-state index in [4.69, 9.17) is 0 Å². The van der Waals surface area contributed by atoms with Crippen molar-refractivity contribution in [3.05, 3.63) is 70.3 Å². The maximum absolute atomic E-state index is 12.5. The van der Waals surface area contributed by atoms with Crippen molar-refractivity contribution in [3.8, 4) is 0 Å². The smallest absolute Gasteiger partial charge is 0.258 e. The summed E-state index contributed by atoms with van der Waals surface area (Å²) in [6.07, 6.45) is 0. The normalized spacial score (nSPS) is 12.3. The van der Waals surface area contributed by atoms with Crippen LogP contribution in [0.5, 0.6) is 0 Å². The number of rotatable bonds is 5. The fraction of sp³-hybridized carbons (Fsp3) is 0.250. The minimum absolute atomic E-state index is 0.107. The summed E-state index contributed by atoms with van der Waals surface area (Å²) in [7, 11) is 1.83. The van der Waals surface area contributed by atoms with E-state index in [0.717, 1.165) is 11.3 Å². The van der Waals surface area contributed by atoms with E-state index in [9.17, 15) is 9.59 Å². The van der Waals surface area contributed by atoms with Crippen LogP contribution in [-0.2, 0) is 11.3 Å². The number of aromatic nitrogens is 2. The number of carbonyl (C=O) groups is 1. The third kappa shape index (κ3) is 3.81. The number of hydrogen-bond acceptors (Lipinski definition) is 4. The Morgan fingerprint density at radius 1 is 1.19 bits per heavy atom. The van der Waals surface area contributed by atoms with Gasteiger partial charge in [-0.2, -0.15) is 0 Å². The maximum atomic E-state index is 12.5. The molecule has 3 rings (SSSR count). The van der Waals surface area contributed by atoms with Gasteiger partial charge in [-0.05, 0) is 44.7 Å². The highest BCUT2D eigenvalue weighted by Gasteiger charge is 2.19. The molecule has 0 aliphatic carbocycles. The number of nitrogens with zero attached hydrogens (tertiary/aromatic N) is 2. The molecule has 0 fully saturated rings. The molecule has 1 heterocycles. The number of hydrogen-bond donors (Lipinski definition) is 2. The number of aromatic amines is 1. The van der Waals surface area contributed by atoms with Crippen LogP contribution in [0.3, 0.4) is 0 Å². The fourth-order valence-corrected chi connectivity index (χ4v) is 2.73. The first kappa shape index (κ1) is 17.8. The first-order valence-corrected chi connectivity index (χ1v) is 8.50. The highest BCUT2D eigenvalue weighted by Crippen LogP contribution is 2.14. The standard InChI is InChI=1S/C20H22N4O2/c1-13-8-4-6-10-16(13)22-19(25)14(2)24(3)12-18-21-17-11-7-5-9-15(17)20(26)23-18/h4-11,14H,12H2,1-3H3,(H,22,25)(H,21,23,26). The Morgan fingerprint density at radius 2 is 1.88 bits per heavy atom. The number of fused-ring (bicyclic) bond motifs is 1. The molecule has 134 valence electrons. The van der Waals surface area contributed by atoms with Gasteiger partial charge in [0.05, 0.1) is 23.5 Å². The molecule has 3 aromatic rings. The number of anilines is 1. The Hall–Kier alpha value is -2.99. The van der Waals surface area contributed by atoms with Crippen molar-refractivity contribution in [3.63, 3.8) is 0 Å². The summed E-state index contributed by atoms with van der Waals surface area (Å²) in [6.45, 7) is 4.14. The van der Waals surface area contributed by atoms with Crippen LogP contribution in [0.25, 0.3) is 10.9 Å². The summed E-state index contributed by atoms with van der Waals surface area (Å²) in [5, 5.41) is 3.50. The molecule has 0 bridgehead atoms. The molecule has 1 unspecified atom stereocenters. The summed E-state index contributed by atoms with van der Waals surface area (Å²) >= 11 is 0. The quantitative estimate of drug-likeness (QED) is 0.742. The molecule has 0 saturated carbocycles. The Bertz CT molecular complexity index is 996. The molecule has 1 atom stereocenters. The molecule has 6 heteroatoms. The van der Waals surface area contributed by atoms with Crippen LogP contribution >= 0.6 is 0 Å². The van der Waals surface area contributed by atoms with Gasteiger partial charge in [0.25, 0.3) is 5.56 Å². The molecule has 2 aromatic carbocycles. The number of benzene rings is 2. The van der Waals surface area contributed by atoms with E-state index in [2.05, 4.69) is 15.3 Å². The van der Waals surface area contributed by atoms with Crippen LogP contribution in [0.2, 0.25) is 0 Å². The van der Waals surface area contributed by atoms with Gasteiger partial charge >= 0.3 is 0 Å². The van der Waals surface area contributed by atoms with E-state index >= 15 is 0 Å². The maximum Gasteiger partial charge on any atom is 0.258 e. The predicted octanol–water partition coefficient (Wildman–Crippen LogP) is 2.69. The number of likely N-dealkylation sites (N-methyl/N-ethyl adjacent to an activating group) is 1. The number of para-hydroxylation sites is 2. The molecular formula is C20H22N4O2. The molecule has 6 nitrogen and oxygen atoms in total. The number of aryl methyl sites for hydroxylation is 1. The van der Waals surface area contributed by atoms with Crippen molar-refractivity contribution < 1.29 is 4.79 Å². The molecule has 26 heavy (non-hydrogen) atoms. The van der Waals surface area contributed by atoms with Gasteiger partial charge in [0.2, 0.25) is 5.91 Å². The van der Waals surface area contributed by atoms with Crippen molar-refractivity contribution >= 4 is 22.5 Å². The van der Waals surface area contributed by atoms with Crippen molar-refractivity contribution in [1.82, 2.24) is 14.9 Å².